The van der Waals surface area contributed by atoms with Crippen LogP contribution in [0.1, 0.15) is 174 Å². The van der Waals surface area contributed by atoms with E-state index in [4.69, 9.17) is 9.97 Å². The van der Waals surface area contributed by atoms with Crippen LogP contribution in [0.5, 0.6) is 0 Å². The zero-order valence-corrected chi connectivity index (χ0v) is 64.5. The van der Waals surface area contributed by atoms with Gasteiger partial charge in [0.25, 0.3) is 35.4 Å². The van der Waals surface area contributed by atoms with Crippen molar-refractivity contribution in [1.82, 2.24) is 49.8 Å². The van der Waals surface area contributed by atoms with Crippen LogP contribution in [0.4, 0.5) is 22.7 Å². The number of fused-ring (bicyclic) bond motifs is 2. The van der Waals surface area contributed by atoms with Crippen molar-refractivity contribution in [2.45, 2.75) is 102 Å². The third-order valence-electron chi connectivity index (χ3n) is 22.3. The number of nitrogens with zero attached hydrogens (tertiary/aromatic N) is 9. The first-order valence-electron chi connectivity index (χ1n) is 39.4. The van der Waals surface area contributed by atoms with E-state index >= 15 is 0 Å². The summed E-state index contributed by atoms with van der Waals surface area (Å²) >= 11 is 0. The van der Waals surface area contributed by atoms with E-state index in [1.54, 1.807) is 96.0 Å². The molecule has 4 aliphatic heterocycles. The summed E-state index contributed by atoms with van der Waals surface area (Å²) in [7, 11) is 0.318. The molecule has 0 bridgehead atoms. The molecule has 0 unspecified atom stereocenters. The summed E-state index contributed by atoms with van der Waals surface area (Å²) in [5, 5.41) is 16.1. The summed E-state index contributed by atoms with van der Waals surface area (Å²) in [6, 6.07) is 49.2. The number of rotatable bonds is 21. The number of aryl methyl sites for hydroxylation is 2. The standard InChI is InChI=1S/C44H53N7O5S.C43H51N7O3/c1-48(25-26-49-21-10-24-51(28-27-49)57(2,55)56)44(54)35-14-8-13-33(29-35)42(52)47-40-18-17-36(50-22-6-3-7-23-50)31-38(40)41-30-34(19-20-45-41)43(53)46-39-16-9-12-32-11-4-5-15-37(32)39;1-48(26-27-49-22-9-19-44-21-25-49)43(53)34-13-7-12-32(28-34)41(51)47-39-17-16-35(50-23-5-2-6-24-50)30-37(39)40-29-33(18-20-45-40)42(52)46-38-15-8-11-31-10-3-4-14-36(31)38/h4-5,8,11,13-15,17-20,29-31,39H,3,6-7,9-10,12,16,21-28H2,1-2H3,(H,46,53)(H,47,52);3-4,7,10,12-14,16-18,20,28-30,38,44H,2,5-6,8-9,11,15,19,21-27H2,1H3,(H,46,52)(H,47,51)/t39-;38-/m00/s1. The number of piperidine rings is 2. The van der Waals surface area contributed by atoms with Crippen molar-refractivity contribution in [3.8, 4) is 22.5 Å². The predicted molar refractivity (Wildman–Crippen MR) is 435 cm³/mol. The molecule has 6 amide bonds. The zero-order chi connectivity index (χ0) is 76.5. The van der Waals surface area contributed by atoms with Crippen LogP contribution < -0.4 is 36.4 Å². The Kier molecular flexibility index (Phi) is 26.2. The molecule has 6 heterocycles. The Morgan fingerprint density at radius 1 is 0.436 bits per heavy atom. The molecule has 576 valence electrons. The first-order valence-corrected chi connectivity index (χ1v) is 41.2. The summed E-state index contributed by atoms with van der Waals surface area (Å²) in [5.74, 6) is -1.34. The average Bonchev–Trinajstić information content (AvgIpc) is 0.819. The Hall–Kier alpha value is -10.2. The van der Waals surface area contributed by atoms with Gasteiger partial charge in [-0.05, 0) is 229 Å². The van der Waals surface area contributed by atoms with E-state index < -0.39 is 10.0 Å². The first-order chi connectivity index (χ1) is 53.5. The van der Waals surface area contributed by atoms with Gasteiger partial charge in [-0.15, -0.1) is 0 Å². The normalized spacial score (nSPS) is 17.8. The molecule has 4 fully saturated rings. The fraction of sp³-hybridized carbons (Fsp3) is 0.402. The van der Waals surface area contributed by atoms with E-state index in [0.29, 0.717) is 101 Å². The van der Waals surface area contributed by atoms with Crippen molar-refractivity contribution in [3.05, 3.63) is 226 Å². The monoisotopic (exact) mass is 1500 g/mol. The second kappa shape index (κ2) is 37.0. The number of likely N-dealkylation sites (N-methyl/N-ethyl adjacent to an activating group) is 2. The lowest BCUT2D eigenvalue weighted by atomic mass is 9.87. The fourth-order valence-corrected chi connectivity index (χ4v) is 16.8. The van der Waals surface area contributed by atoms with Gasteiger partial charge in [0, 0.05) is 167 Å². The highest BCUT2D eigenvalue weighted by Gasteiger charge is 2.29. The summed E-state index contributed by atoms with van der Waals surface area (Å²) < 4.78 is 25.5. The molecule has 0 spiro atoms. The van der Waals surface area contributed by atoms with Crippen LogP contribution in [-0.4, -0.2) is 203 Å². The van der Waals surface area contributed by atoms with Crippen LogP contribution in [-0.2, 0) is 22.9 Å². The number of carbonyl (C=O) groups is 6. The maximum atomic E-state index is 13.9. The molecular weight excluding hydrogens is 1400 g/mol. The highest BCUT2D eigenvalue weighted by Crippen LogP contribution is 2.37. The van der Waals surface area contributed by atoms with Gasteiger partial charge in [-0.25, -0.2) is 12.7 Å². The summed E-state index contributed by atoms with van der Waals surface area (Å²) in [6.07, 6.45) is 19.1. The lowest BCUT2D eigenvalue weighted by Crippen LogP contribution is -2.39. The molecule has 2 aromatic heterocycles. The van der Waals surface area contributed by atoms with Crippen molar-refractivity contribution in [3.63, 3.8) is 0 Å². The lowest BCUT2D eigenvalue weighted by molar-refractivity contribution is 0.0771. The summed E-state index contributed by atoms with van der Waals surface area (Å²) in [5.41, 5.74) is 13.3. The van der Waals surface area contributed by atoms with Crippen LogP contribution >= 0.6 is 0 Å². The quantitative estimate of drug-likeness (QED) is 0.0449. The number of pyridine rings is 2. The molecule has 8 aromatic rings. The fourth-order valence-electron chi connectivity index (χ4n) is 16.0. The van der Waals surface area contributed by atoms with Gasteiger partial charge in [-0.1, -0.05) is 60.7 Å². The minimum atomic E-state index is -3.24. The number of hydrogen-bond acceptors (Lipinski definition) is 15. The second-order valence-corrected chi connectivity index (χ2v) is 32.0. The number of aromatic nitrogens is 2. The molecule has 0 saturated carbocycles. The zero-order valence-electron chi connectivity index (χ0n) is 63.7. The molecule has 14 rings (SSSR count). The van der Waals surface area contributed by atoms with Gasteiger partial charge in [-0.2, -0.15) is 0 Å². The van der Waals surface area contributed by atoms with Gasteiger partial charge in [0.15, 0.2) is 0 Å². The highest BCUT2D eigenvalue weighted by molar-refractivity contribution is 7.88. The Morgan fingerprint density at radius 3 is 1.38 bits per heavy atom. The van der Waals surface area contributed by atoms with Gasteiger partial charge in [0.2, 0.25) is 10.0 Å². The number of amides is 6. The second-order valence-electron chi connectivity index (χ2n) is 30.0. The topological polar surface area (TPSA) is 245 Å². The average molecular weight is 1510 g/mol. The van der Waals surface area contributed by atoms with Crippen LogP contribution in [0.3, 0.4) is 0 Å². The van der Waals surface area contributed by atoms with Gasteiger partial charge in [0.05, 0.1) is 41.1 Å². The summed E-state index contributed by atoms with van der Waals surface area (Å²) in [6.45, 7) is 12.6. The van der Waals surface area contributed by atoms with E-state index in [2.05, 4.69) is 82.6 Å². The molecular formula is C87H104N14O8S. The number of sulfonamides is 1. The van der Waals surface area contributed by atoms with Crippen molar-refractivity contribution >= 4 is 68.2 Å². The van der Waals surface area contributed by atoms with Crippen molar-refractivity contribution in [2.75, 3.05) is 146 Å². The van der Waals surface area contributed by atoms with Gasteiger partial charge >= 0.3 is 0 Å². The summed E-state index contributed by atoms with van der Waals surface area (Å²) in [4.78, 5) is 104. The van der Waals surface area contributed by atoms with Gasteiger partial charge in [-0.3, -0.25) is 38.7 Å². The van der Waals surface area contributed by atoms with Crippen LogP contribution in [0, 0.1) is 0 Å². The minimum Gasteiger partial charge on any atom is -0.372 e. The Morgan fingerprint density at radius 2 is 0.891 bits per heavy atom. The Labute approximate surface area is 647 Å². The van der Waals surface area contributed by atoms with E-state index in [0.717, 1.165) is 159 Å². The van der Waals surface area contributed by atoms with E-state index in [-0.39, 0.29) is 47.5 Å². The van der Waals surface area contributed by atoms with E-state index in [1.165, 1.54) is 45.7 Å². The maximum absolute atomic E-state index is 13.9. The number of carbonyl (C=O) groups excluding carboxylic acids is 6. The first kappa shape index (κ1) is 78.0. The van der Waals surface area contributed by atoms with E-state index in [9.17, 15) is 37.2 Å². The lowest BCUT2D eigenvalue weighted by Gasteiger charge is -2.29. The van der Waals surface area contributed by atoms with E-state index in [1.807, 2.05) is 61.6 Å². The molecule has 5 N–H and O–H groups in total. The van der Waals surface area contributed by atoms with Gasteiger partial charge in [0.1, 0.15) is 0 Å². The maximum Gasteiger partial charge on any atom is 0.255 e. The third-order valence-corrected chi connectivity index (χ3v) is 23.6. The molecule has 110 heavy (non-hydrogen) atoms. The third kappa shape index (κ3) is 20.1. The SMILES string of the molecule is CN(CCN1CCCN(S(C)(=O)=O)CC1)C(=O)c1cccc(C(=O)Nc2ccc(N3CCCCC3)cc2-c2cc(C(=O)N[C@H]3CCCc4ccccc43)ccn2)c1.CN(CCN1CCCNCC1)C(=O)c1cccc(C(=O)Nc2ccc(N3CCCCC3)cc2-c2cc(C(=O)N[C@H]3CCCc4ccccc43)ccn2)c1. The predicted octanol–water partition coefficient (Wildman–Crippen LogP) is 12.0. The van der Waals surface area contributed by atoms with Gasteiger partial charge < -0.3 is 56.0 Å². The molecule has 6 aliphatic rings. The van der Waals surface area contributed by atoms with Crippen LogP contribution in [0.2, 0.25) is 0 Å². The number of hydrogen-bond donors (Lipinski definition) is 5. The molecule has 23 heteroatoms. The van der Waals surface area contributed by atoms with Crippen molar-refractivity contribution in [2.24, 2.45) is 0 Å². The Bertz CT molecular complexity index is 4710. The smallest absolute Gasteiger partial charge is 0.255 e. The minimum absolute atomic E-state index is 0.0411. The van der Waals surface area contributed by atoms with Crippen molar-refractivity contribution < 1.29 is 37.2 Å². The molecule has 6 aromatic carbocycles. The number of benzene rings is 6. The van der Waals surface area contributed by atoms with Crippen LogP contribution in [0.15, 0.2) is 170 Å². The van der Waals surface area contributed by atoms with Crippen LogP contribution in [0.25, 0.3) is 22.5 Å². The molecule has 4 saturated heterocycles. The number of anilines is 4. The largest absolute Gasteiger partial charge is 0.372 e. The Balaban J connectivity index is 0.000000194. The van der Waals surface area contributed by atoms with Crippen molar-refractivity contribution in [1.29, 1.82) is 0 Å². The highest BCUT2D eigenvalue weighted by atomic mass is 32.2. The molecule has 0 radical (unpaired) electrons. The molecule has 2 atom stereocenters. The number of nitrogens with one attached hydrogen (secondary N) is 5. The molecule has 22 nitrogen and oxygen atoms in total. The molecule has 2 aliphatic carbocycles.